The third-order valence-corrected chi connectivity index (χ3v) is 4.16. The summed E-state index contributed by atoms with van der Waals surface area (Å²) in [5, 5.41) is 7.45. The van der Waals surface area contributed by atoms with Crippen LogP contribution in [0.2, 0.25) is 0 Å². The first-order valence-corrected chi connectivity index (χ1v) is 8.81. The largest absolute Gasteiger partial charge is 0.462 e. The van der Waals surface area contributed by atoms with Crippen molar-refractivity contribution in [1.29, 1.82) is 0 Å². The minimum atomic E-state index is -0.521. The molecule has 0 aliphatic carbocycles. The molecule has 0 aliphatic rings. The fourth-order valence-corrected chi connectivity index (χ4v) is 3.25. The minimum absolute atomic E-state index is 0.256. The van der Waals surface area contributed by atoms with Crippen LogP contribution >= 0.6 is 22.9 Å². The third kappa shape index (κ3) is 4.49. The zero-order valence-electron chi connectivity index (χ0n) is 13.7. The monoisotopic (exact) mass is 366 g/mol. The second-order valence-electron chi connectivity index (χ2n) is 5.16. The van der Waals surface area contributed by atoms with Crippen molar-refractivity contribution in [2.24, 2.45) is 0 Å². The number of benzene rings is 1. The number of esters is 1. The van der Waals surface area contributed by atoms with E-state index in [0.717, 1.165) is 16.7 Å². The average molecular weight is 367 g/mol. The number of rotatable bonds is 5. The number of carbonyl (C=O) groups is 2. The first-order valence-electron chi connectivity index (χ1n) is 7.49. The summed E-state index contributed by atoms with van der Waals surface area (Å²) in [6.07, 6.45) is 0. The zero-order valence-corrected chi connectivity index (χ0v) is 15.3. The van der Waals surface area contributed by atoms with Gasteiger partial charge in [0.1, 0.15) is 16.1 Å². The number of hydrogen-bond donors (Lipinski definition) is 2. The molecule has 0 radical (unpaired) electrons. The van der Waals surface area contributed by atoms with Crippen molar-refractivity contribution in [3.63, 3.8) is 0 Å². The molecule has 0 fully saturated rings. The highest BCUT2D eigenvalue weighted by molar-refractivity contribution is 7.15. The van der Waals surface area contributed by atoms with E-state index in [4.69, 9.17) is 16.3 Å². The molecule has 1 heterocycles. The Kier molecular flexibility index (Phi) is 6.23. The Hall–Kier alpha value is -2.05. The number of amides is 2. The molecule has 1 aromatic heterocycles. The molecule has 0 spiro atoms. The van der Waals surface area contributed by atoms with Crippen molar-refractivity contribution in [2.75, 3.05) is 11.9 Å². The molecule has 0 aliphatic heterocycles. The quantitative estimate of drug-likeness (QED) is 0.461. The second-order valence-corrected chi connectivity index (χ2v) is 6.69. The number of urea groups is 1. The molecule has 0 bridgehead atoms. The van der Waals surface area contributed by atoms with E-state index >= 15 is 0 Å². The van der Waals surface area contributed by atoms with E-state index in [9.17, 15) is 9.59 Å². The first kappa shape index (κ1) is 18.3. The average Bonchev–Trinajstić information content (AvgIpc) is 2.90. The lowest BCUT2D eigenvalue weighted by atomic mass is 10.0. The zero-order chi connectivity index (χ0) is 17.7. The second kappa shape index (κ2) is 8.17. The Morgan fingerprint density at radius 1 is 1.38 bits per heavy atom. The standard InChI is InChI=1S/C17H19ClN2O3S/c1-4-23-16(21)14-13(12-7-5-6-10(2)8-12)9-24-15(14)20-17(22)19-11(3)18/h5-9,11H,4H2,1-3H3,(H2,19,20,22). The van der Waals surface area contributed by atoms with Gasteiger partial charge in [-0.1, -0.05) is 41.4 Å². The van der Waals surface area contributed by atoms with Gasteiger partial charge in [-0.3, -0.25) is 5.32 Å². The minimum Gasteiger partial charge on any atom is -0.462 e. The van der Waals surface area contributed by atoms with Crippen LogP contribution in [-0.2, 0) is 4.74 Å². The normalized spacial score (nSPS) is 11.7. The number of thiophene rings is 1. The van der Waals surface area contributed by atoms with Crippen LogP contribution < -0.4 is 10.6 Å². The Balaban J connectivity index is 2.41. The molecule has 7 heteroatoms. The fraction of sp³-hybridized carbons (Fsp3) is 0.294. The first-order chi connectivity index (χ1) is 11.4. The number of carbonyl (C=O) groups excluding carboxylic acids is 2. The van der Waals surface area contributed by atoms with E-state index in [2.05, 4.69) is 10.6 Å². The summed E-state index contributed by atoms with van der Waals surface area (Å²) >= 11 is 7.02. The highest BCUT2D eigenvalue weighted by atomic mass is 35.5. The fourth-order valence-electron chi connectivity index (χ4n) is 2.20. The summed E-state index contributed by atoms with van der Waals surface area (Å²) in [6.45, 7) is 5.62. The molecule has 2 aromatic rings. The van der Waals surface area contributed by atoms with Gasteiger partial charge in [-0.25, -0.2) is 9.59 Å². The third-order valence-electron chi connectivity index (χ3n) is 3.16. The summed E-state index contributed by atoms with van der Waals surface area (Å²) in [5.41, 5.74) is 2.54. The molecule has 2 rings (SSSR count). The molecule has 5 nitrogen and oxygen atoms in total. The molecule has 2 N–H and O–H groups in total. The number of aryl methyl sites for hydroxylation is 1. The molecule has 0 saturated carbocycles. The highest BCUT2D eigenvalue weighted by Gasteiger charge is 2.23. The van der Waals surface area contributed by atoms with Crippen molar-refractivity contribution in [2.45, 2.75) is 26.3 Å². The molecule has 24 heavy (non-hydrogen) atoms. The summed E-state index contributed by atoms with van der Waals surface area (Å²) in [6, 6.07) is 7.33. The maximum Gasteiger partial charge on any atom is 0.341 e. The summed E-state index contributed by atoms with van der Waals surface area (Å²) < 4.78 is 5.15. The molecular formula is C17H19ClN2O3S. The Labute approximate surface area is 150 Å². The molecule has 0 saturated heterocycles. The molecule has 1 aromatic carbocycles. The van der Waals surface area contributed by atoms with E-state index in [1.54, 1.807) is 13.8 Å². The van der Waals surface area contributed by atoms with Gasteiger partial charge in [-0.2, -0.15) is 0 Å². The Morgan fingerprint density at radius 2 is 2.12 bits per heavy atom. The van der Waals surface area contributed by atoms with Crippen LogP contribution in [0.3, 0.4) is 0 Å². The summed E-state index contributed by atoms with van der Waals surface area (Å²) in [4.78, 5) is 24.3. The number of hydrogen-bond acceptors (Lipinski definition) is 4. The number of ether oxygens (including phenoxy) is 1. The van der Waals surface area contributed by atoms with Crippen LogP contribution in [0.5, 0.6) is 0 Å². The van der Waals surface area contributed by atoms with Crippen LogP contribution in [0.4, 0.5) is 9.80 Å². The molecule has 2 amide bonds. The smallest absolute Gasteiger partial charge is 0.341 e. The Morgan fingerprint density at radius 3 is 2.75 bits per heavy atom. The highest BCUT2D eigenvalue weighted by Crippen LogP contribution is 2.36. The van der Waals surface area contributed by atoms with Crippen molar-refractivity contribution in [3.05, 3.63) is 40.8 Å². The predicted molar refractivity (Wildman–Crippen MR) is 97.9 cm³/mol. The number of halogens is 1. The SMILES string of the molecule is CCOC(=O)c1c(-c2cccc(C)c2)csc1NC(=O)NC(C)Cl. The molecule has 1 atom stereocenters. The predicted octanol–water partition coefficient (Wildman–Crippen LogP) is 4.61. The van der Waals surface area contributed by atoms with Crippen LogP contribution in [-0.4, -0.2) is 24.1 Å². The van der Waals surface area contributed by atoms with Crippen LogP contribution in [0.15, 0.2) is 29.6 Å². The lowest BCUT2D eigenvalue weighted by Gasteiger charge is -2.10. The Bertz CT molecular complexity index is 743. The lowest BCUT2D eigenvalue weighted by Crippen LogP contribution is -2.33. The van der Waals surface area contributed by atoms with Gasteiger partial charge >= 0.3 is 12.0 Å². The number of nitrogens with one attached hydrogen (secondary N) is 2. The molecular weight excluding hydrogens is 348 g/mol. The van der Waals surface area contributed by atoms with Crippen molar-refractivity contribution >= 4 is 39.9 Å². The van der Waals surface area contributed by atoms with Crippen LogP contribution in [0.25, 0.3) is 11.1 Å². The van der Waals surface area contributed by atoms with Crippen LogP contribution in [0, 0.1) is 6.92 Å². The van der Waals surface area contributed by atoms with Crippen molar-refractivity contribution < 1.29 is 14.3 Å². The van der Waals surface area contributed by atoms with Gasteiger partial charge in [-0.05, 0) is 26.3 Å². The number of alkyl halides is 1. The van der Waals surface area contributed by atoms with Gasteiger partial charge < -0.3 is 10.1 Å². The van der Waals surface area contributed by atoms with Crippen molar-refractivity contribution in [1.82, 2.24) is 5.32 Å². The van der Waals surface area contributed by atoms with Gasteiger partial charge in [0.25, 0.3) is 0 Å². The maximum atomic E-state index is 12.4. The van der Waals surface area contributed by atoms with Gasteiger partial charge in [0.05, 0.1) is 6.61 Å². The van der Waals surface area contributed by atoms with E-state index in [-0.39, 0.29) is 6.61 Å². The van der Waals surface area contributed by atoms with Gasteiger partial charge in [0, 0.05) is 10.9 Å². The van der Waals surface area contributed by atoms with Gasteiger partial charge in [-0.15, -0.1) is 11.3 Å². The van der Waals surface area contributed by atoms with Gasteiger partial charge in [0.2, 0.25) is 0 Å². The van der Waals surface area contributed by atoms with E-state index in [1.165, 1.54) is 11.3 Å². The van der Waals surface area contributed by atoms with Gasteiger partial charge in [0.15, 0.2) is 0 Å². The lowest BCUT2D eigenvalue weighted by molar-refractivity contribution is 0.0529. The topological polar surface area (TPSA) is 67.4 Å². The van der Waals surface area contributed by atoms with E-state index in [1.807, 2.05) is 36.6 Å². The number of anilines is 1. The van der Waals surface area contributed by atoms with E-state index < -0.39 is 17.5 Å². The summed E-state index contributed by atoms with van der Waals surface area (Å²) in [5.74, 6) is -0.468. The molecule has 1 unspecified atom stereocenters. The maximum absolute atomic E-state index is 12.4. The van der Waals surface area contributed by atoms with E-state index in [0.29, 0.717) is 10.6 Å². The summed E-state index contributed by atoms with van der Waals surface area (Å²) in [7, 11) is 0. The van der Waals surface area contributed by atoms with Crippen LogP contribution in [0.1, 0.15) is 29.8 Å². The van der Waals surface area contributed by atoms with Crippen molar-refractivity contribution in [3.8, 4) is 11.1 Å². The molecule has 128 valence electrons.